The van der Waals surface area contributed by atoms with Crippen LogP contribution in [0.5, 0.6) is 0 Å². The van der Waals surface area contributed by atoms with Crippen molar-refractivity contribution in [3.8, 4) is 0 Å². The summed E-state index contributed by atoms with van der Waals surface area (Å²) in [5.74, 6) is -0.496. The maximum absolute atomic E-state index is 15.2. The summed E-state index contributed by atoms with van der Waals surface area (Å²) < 4.78 is 0. The quantitative estimate of drug-likeness (QED) is 0.0174. The van der Waals surface area contributed by atoms with Gasteiger partial charge >= 0.3 is 0 Å². The average Bonchev–Trinajstić information content (AvgIpc) is 0.679. The van der Waals surface area contributed by atoms with Gasteiger partial charge < -0.3 is 0 Å². The second-order valence-electron chi connectivity index (χ2n) is 33.3. The first kappa shape index (κ1) is 69.0. The van der Waals surface area contributed by atoms with Gasteiger partial charge in [-0.25, -0.2) is 0 Å². The molecular weight excluding hydrogens is 1320 g/mol. The zero-order valence-electron chi connectivity index (χ0n) is 64.2. The van der Waals surface area contributed by atoms with E-state index in [1.165, 1.54) is 236 Å². The molecule has 2 aliphatic rings. The van der Waals surface area contributed by atoms with Crippen LogP contribution in [0.4, 0.5) is 0 Å². The number of fused-ring (bicyclic) bond motifs is 10. The molecule has 19 rings (SSSR count). The van der Waals surface area contributed by atoms with Crippen LogP contribution in [0.3, 0.4) is 0 Å². The fourth-order valence-corrected chi connectivity index (χ4v) is 21.7. The molecule has 17 aromatic carbocycles. The van der Waals surface area contributed by atoms with Gasteiger partial charge in [0.05, 0.1) is 0 Å². The fourth-order valence-electron chi connectivity index (χ4n) is 21.7. The van der Waals surface area contributed by atoms with Crippen LogP contribution in [0.1, 0.15) is 275 Å². The molecule has 4 amide bonds. The Bertz CT molecular complexity index is 5650. The molecule has 17 aromatic rings. The zero-order valence-corrected chi connectivity index (χ0v) is 64.2. The summed E-state index contributed by atoms with van der Waals surface area (Å²) in [6, 6.07) is 54.7. The average molecular weight is 1420 g/mol. The van der Waals surface area contributed by atoms with Gasteiger partial charge in [0.2, 0.25) is 0 Å². The molecule has 0 bridgehead atoms. The molecule has 108 heavy (non-hydrogen) atoms. The van der Waals surface area contributed by atoms with E-state index in [4.69, 9.17) is 0 Å². The van der Waals surface area contributed by atoms with E-state index in [2.05, 4.69) is 173 Å². The van der Waals surface area contributed by atoms with E-state index < -0.39 is 0 Å². The van der Waals surface area contributed by atoms with Crippen LogP contribution in [0.2, 0.25) is 0 Å². The standard InChI is InChI=1S/C102H102N2O4/c1-5-9-13-17-21-25-29-33-61(34-30-26-22-18-14-10-6-2)103-99(105)83-57-53-79-75-49-45-71-67-41-37-63-65-39-43-69-73-47-51-77-81-55-59-85-98-86(102(108)104(101(85)107)62(35-31-27-23-19-15-11-7-3)36-32-28-24-20-16-12-8-4)60-56-82(96(81)98)78-52-48-74(92(73)94(77)78)70-44-40-66(88(65)90(69)70)64-38-42-68(89(67)87(63)64)72-46-50-76(93(75)91(71)72)80-54-58-84(100(103)106)97(83)95(79)80/h37-62H,5-36H2,1-4H3. The molecule has 0 saturated heterocycles. The third kappa shape index (κ3) is 10.7. The summed E-state index contributed by atoms with van der Waals surface area (Å²) >= 11 is 0. The number of amides is 4. The van der Waals surface area contributed by atoms with Crippen LogP contribution >= 0.6 is 0 Å². The third-order valence-electron chi connectivity index (χ3n) is 27.0. The highest BCUT2D eigenvalue weighted by molar-refractivity contribution is 6.50. The maximum atomic E-state index is 15.2. The second-order valence-corrected chi connectivity index (χ2v) is 33.3. The number of benzene rings is 17. The summed E-state index contributed by atoms with van der Waals surface area (Å²) in [5.41, 5.74) is 2.65. The van der Waals surface area contributed by atoms with Gasteiger partial charge in [-0.2, -0.15) is 0 Å². The zero-order chi connectivity index (χ0) is 73.0. The van der Waals surface area contributed by atoms with Crippen molar-refractivity contribution in [2.24, 2.45) is 0 Å². The monoisotopic (exact) mass is 1420 g/mol. The number of rotatable bonds is 34. The van der Waals surface area contributed by atoms with E-state index >= 15 is 19.2 Å². The molecule has 0 saturated carbocycles. The topological polar surface area (TPSA) is 74.8 Å². The van der Waals surface area contributed by atoms with E-state index in [0.29, 0.717) is 22.3 Å². The Balaban J connectivity index is 0.684. The highest BCUT2D eigenvalue weighted by atomic mass is 16.2. The van der Waals surface area contributed by atoms with Gasteiger partial charge in [0.25, 0.3) is 23.6 Å². The van der Waals surface area contributed by atoms with Crippen LogP contribution in [0.25, 0.3) is 172 Å². The lowest BCUT2D eigenvalue weighted by Gasteiger charge is -2.35. The molecule has 6 nitrogen and oxygen atoms in total. The number of carbonyl (C=O) groups excluding carboxylic acids is 4. The largest absolute Gasteiger partial charge is 0.271 e. The molecule has 0 spiro atoms. The minimum atomic E-state index is -0.124. The van der Waals surface area contributed by atoms with Gasteiger partial charge in [-0.1, -0.05) is 329 Å². The Morgan fingerprint density at radius 1 is 0.176 bits per heavy atom. The van der Waals surface area contributed by atoms with E-state index in [1.807, 2.05) is 0 Å². The normalized spacial score (nSPS) is 14.0. The van der Waals surface area contributed by atoms with Gasteiger partial charge in [0, 0.05) is 45.1 Å². The smallest absolute Gasteiger partial charge is 0.261 e. The Morgan fingerprint density at radius 3 is 0.463 bits per heavy atom. The molecule has 0 atom stereocenters. The first-order valence-electron chi connectivity index (χ1n) is 42.6. The van der Waals surface area contributed by atoms with E-state index in [9.17, 15) is 0 Å². The van der Waals surface area contributed by atoms with Gasteiger partial charge in [-0.05, 0) is 212 Å². The lowest BCUT2D eigenvalue weighted by atomic mass is 9.79. The van der Waals surface area contributed by atoms with Crippen LogP contribution in [-0.2, 0) is 0 Å². The molecule has 0 fully saturated rings. The number of carbonyl (C=O) groups is 4. The van der Waals surface area contributed by atoms with Gasteiger partial charge in [-0.15, -0.1) is 0 Å². The second kappa shape index (κ2) is 28.5. The Kier molecular flexibility index (Phi) is 18.2. The Hall–Kier alpha value is -9.52. The molecule has 0 radical (unpaired) electrons. The number of hydrogen-bond donors (Lipinski definition) is 0. The van der Waals surface area contributed by atoms with Crippen LogP contribution < -0.4 is 0 Å². The van der Waals surface area contributed by atoms with Gasteiger partial charge in [0.15, 0.2) is 0 Å². The minimum absolute atomic E-state index is 0.107. The van der Waals surface area contributed by atoms with E-state index in [1.54, 1.807) is 9.80 Å². The van der Waals surface area contributed by atoms with Crippen molar-refractivity contribution in [3.63, 3.8) is 0 Å². The van der Waals surface area contributed by atoms with Crippen LogP contribution in [0.15, 0.2) is 146 Å². The van der Waals surface area contributed by atoms with Crippen molar-refractivity contribution in [2.75, 3.05) is 0 Å². The number of imide groups is 2. The SMILES string of the molecule is CCCCCCCCCC(CCCCCCCCC)N1C(=O)c2ccc3c4ccc5c6ccc7c8ccc9c%10ccc%11c%12ccc%13c%14c(ccc(c%15ccc(c%16ccc(c%17ccc(c%18ccc(c%19ccc(c2c3%19)C1=O)c4c5%18)c6c7%17)c8c9%16)c%10c%11%15)c%14%12)C(=O)N(C(CCCCCCCCC)CCCCCCCCC)C%13=O. The predicted molar refractivity (Wildman–Crippen MR) is 461 cm³/mol. The number of hydrogen-bond acceptors (Lipinski definition) is 4. The van der Waals surface area contributed by atoms with Crippen molar-refractivity contribution in [1.82, 2.24) is 9.80 Å². The van der Waals surface area contributed by atoms with E-state index in [-0.39, 0.29) is 35.7 Å². The van der Waals surface area contributed by atoms with Gasteiger partial charge in [-0.3, -0.25) is 29.0 Å². The molecule has 0 unspecified atom stereocenters. The van der Waals surface area contributed by atoms with Crippen molar-refractivity contribution >= 4 is 196 Å². The summed E-state index contributed by atoms with van der Waals surface area (Å²) in [7, 11) is 0. The van der Waals surface area contributed by atoms with Crippen LogP contribution in [0, 0.1) is 0 Å². The lowest BCUT2D eigenvalue weighted by Crippen LogP contribution is -2.47. The predicted octanol–water partition coefficient (Wildman–Crippen LogP) is 29.8. The molecule has 0 aromatic heterocycles. The van der Waals surface area contributed by atoms with Gasteiger partial charge in [0.1, 0.15) is 0 Å². The maximum Gasteiger partial charge on any atom is 0.261 e. The van der Waals surface area contributed by atoms with Crippen molar-refractivity contribution in [1.29, 1.82) is 0 Å². The molecule has 2 heterocycles. The summed E-state index contributed by atoms with van der Waals surface area (Å²) in [5, 5.41) is 37.9. The molecular formula is C102H102N2O4. The van der Waals surface area contributed by atoms with Crippen molar-refractivity contribution in [2.45, 2.75) is 245 Å². The lowest BCUT2D eigenvalue weighted by molar-refractivity contribution is 0.0501. The number of nitrogens with zero attached hydrogens (tertiary/aromatic N) is 2. The third-order valence-corrected chi connectivity index (χ3v) is 27.0. The summed E-state index contributed by atoms with van der Waals surface area (Å²) in [6.45, 7) is 9.07. The van der Waals surface area contributed by atoms with Crippen molar-refractivity contribution in [3.05, 3.63) is 168 Å². The number of unbranched alkanes of at least 4 members (excludes halogenated alkanes) is 24. The summed E-state index contributed by atoms with van der Waals surface area (Å²) in [6.07, 6.45) is 37.3. The Labute approximate surface area is 634 Å². The minimum Gasteiger partial charge on any atom is -0.271 e. The molecule has 6 heteroatoms. The van der Waals surface area contributed by atoms with Crippen LogP contribution in [-0.4, -0.2) is 45.5 Å². The first-order chi connectivity index (χ1) is 53.2. The highest BCUT2D eigenvalue weighted by Crippen LogP contribution is 2.55. The molecule has 2 aliphatic heterocycles. The molecule has 544 valence electrons. The Morgan fingerprint density at radius 2 is 0.306 bits per heavy atom. The van der Waals surface area contributed by atoms with E-state index in [0.717, 1.165) is 142 Å². The summed E-state index contributed by atoms with van der Waals surface area (Å²) in [4.78, 5) is 64.2. The highest BCUT2D eigenvalue weighted by Gasteiger charge is 2.41. The first-order valence-corrected chi connectivity index (χ1v) is 42.6. The molecule has 0 N–H and O–H groups in total. The van der Waals surface area contributed by atoms with Crippen molar-refractivity contribution < 1.29 is 19.2 Å². The molecule has 0 aliphatic carbocycles. The fraction of sp³-hybridized carbons (Fsp3) is 0.373.